The Morgan fingerprint density at radius 3 is 2.35 bits per heavy atom. The Balaban J connectivity index is 1.40. The van der Waals surface area contributed by atoms with Crippen LogP contribution in [0.1, 0.15) is 34.4 Å². The first-order valence-electron chi connectivity index (χ1n) is 12.0. The zero-order valence-corrected chi connectivity index (χ0v) is 20.5. The molecule has 3 aromatic rings. The summed E-state index contributed by atoms with van der Waals surface area (Å²) >= 11 is 0. The topological polar surface area (TPSA) is 71.9 Å². The molecule has 2 atom stereocenters. The third-order valence-electron chi connectivity index (χ3n) is 6.97. The molecule has 0 aliphatic carbocycles. The number of halogens is 3. The Morgan fingerprint density at radius 1 is 1.00 bits per heavy atom. The highest BCUT2D eigenvalue weighted by Gasteiger charge is 2.47. The van der Waals surface area contributed by atoms with Gasteiger partial charge in [-0.25, -0.2) is 4.68 Å². The van der Waals surface area contributed by atoms with Gasteiger partial charge in [0.25, 0.3) is 5.91 Å². The van der Waals surface area contributed by atoms with Crippen LogP contribution in [-0.2, 0) is 0 Å². The van der Waals surface area contributed by atoms with Gasteiger partial charge in [0, 0.05) is 38.3 Å². The number of nitrogens with zero attached hydrogens (tertiary/aromatic N) is 4. The Bertz CT molecular complexity index is 1260. The van der Waals surface area contributed by atoms with Crippen LogP contribution in [0.3, 0.4) is 0 Å². The van der Waals surface area contributed by atoms with Gasteiger partial charge in [0.1, 0.15) is 11.4 Å². The molecule has 0 spiro atoms. The van der Waals surface area contributed by atoms with Crippen molar-refractivity contribution in [3.63, 3.8) is 0 Å². The number of hydrogen-bond donors (Lipinski definition) is 1. The van der Waals surface area contributed by atoms with Crippen molar-refractivity contribution in [2.75, 3.05) is 50.6 Å². The average Bonchev–Trinajstić information content (AvgIpc) is 3.35. The zero-order valence-electron chi connectivity index (χ0n) is 20.5. The van der Waals surface area contributed by atoms with Crippen molar-refractivity contribution in [3.05, 3.63) is 65.9 Å². The standard InChI is InChI=1S/C26H28F3N5O3/c1-36-21-9-8-17(14-22(21)37-2)20-15-23(26(27,28)29)34-24(31-20)19(16-30-34)25(35)33-12-10-32(11-13-33)18-6-4-3-5-7-18/h3-9,14,16,20,23,31H,10-13,15H2,1-2H3/t20-,23-/m1/s1. The molecule has 0 bridgehead atoms. The molecule has 1 aromatic heterocycles. The van der Waals surface area contributed by atoms with Crippen LogP contribution >= 0.6 is 0 Å². The molecule has 1 saturated heterocycles. The molecule has 2 aliphatic rings. The number of nitrogens with one attached hydrogen (secondary N) is 1. The molecule has 0 saturated carbocycles. The van der Waals surface area contributed by atoms with Crippen LogP contribution in [0.4, 0.5) is 24.7 Å². The minimum atomic E-state index is -4.54. The SMILES string of the molecule is COc1ccc([C@H]2C[C@H](C(F)(F)F)n3ncc(C(=O)N4CCN(c5ccccc5)CC4)c3N2)cc1OC. The second kappa shape index (κ2) is 9.87. The average molecular weight is 516 g/mol. The predicted octanol–water partition coefficient (Wildman–Crippen LogP) is 4.52. The number of amides is 1. The molecular formula is C26H28F3N5O3. The van der Waals surface area contributed by atoms with Gasteiger partial charge in [-0.3, -0.25) is 4.79 Å². The van der Waals surface area contributed by atoms with E-state index in [1.807, 2.05) is 30.3 Å². The first-order chi connectivity index (χ1) is 17.8. The van der Waals surface area contributed by atoms with Crippen molar-refractivity contribution in [1.82, 2.24) is 14.7 Å². The van der Waals surface area contributed by atoms with Crippen molar-refractivity contribution in [2.24, 2.45) is 0 Å². The van der Waals surface area contributed by atoms with E-state index < -0.39 is 18.3 Å². The van der Waals surface area contributed by atoms with E-state index >= 15 is 0 Å². The summed E-state index contributed by atoms with van der Waals surface area (Å²) in [6, 6.07) is 12.3. The highest BCUT2D eigenvalue weighted by Crippen LogP contribution is 2.45. The van der Waals surface area contributed by atoms with E-state index in [9.17, 15) is 18.0 Å². The Kier molecular flexibility index (Phi) is 6.61. The molecule has 3 heterocycles. The number of para-hydroxylation sites is 1. The lowest BCUT2D eigenvalue weighted by Crippen LogP contribution is -2.49. The van der Waals surface area contributed by atoms with Crippen LogP contribution in [0.25, 0.3) is 0 Å². The molecule has 5 rings (SSSR count). The molecule has 0 radical (unpaired) electrons. The third kappa shape index (κ3) is 4.77. The van der Waals surface area contributed by atoms with E-state index in [1.165, 1.54) is 20.4 Å². The first kappa shape index (κ1) is 24.8. The van der Waals surface area contributed by atoms with Crippen LogP contribution in [-0.4, -0.2) is 67.2 Å². The lowest BCUT2D eigenvalue weighted by Gasteiger charge is -2.37. The molecule has 196 valence electrons. The number of alkyl halides is 3. The number of aromatic nitrogens is 2. The predicted molar refractivity (Wildman–Crippen MR) is 132 cm³/mol. The molecule has 1 fully saturated rings. The van der Waals surface area contributed by atoms with E-state index in [1.54, 1.807) is 23.1 Å². The maximum absolute atomic E-state index is 14.1. The number of hydrogen-bond acceptors (Lipinski definition) is 6. The largest absolute Gasteiger partial charge is 0.493 e. The number of anilines is 2. The summed E-state index contributed by atoms with van der Waals surface area (Å²) < 4.78 is 53.8. The fourth-order valence-electron chi connectivity index (χ4n) is 4.98. The fraction of sp³-hybridized carbons (Fsp3) is 0.385. The van der Waals surface area contributed by atoms with Crippen molar-refractivity contribution in [3.8, 4) is 11.5 Å². The summed E-state index contributed by atoms with van der Waals surface area (Å²) in [7, 11) is 2.96. The van der Waals surface area contributed by atoms with Crippen LogP contribution in [0.5, 0.6) is 11.5 Å². The first-order valence-corrected chi connectivity index (χ1v) is 12.0. The maximum atomic E-state index is 14.1. The van der Waals surface area contributed by atoms with E-state index in [2.05, 4.69) is 15.3 Å². The van der Waals surface area contributed by atoms with E-state index in [0.717, 1.165) is 10.4 Å². The molecule has 37 heavy (non-hydrogen) atoms. The number of rotatable bonds is 5. The van der Waals surface area contributed by atoms with Crippen LogP contribution in [0.2, 0.25) is 0 Å². The van der Waals surface area contributed by atoms with E-state index in [-0.39, 0.29) is 23.7 Å². The molecule has 2 aromatic carbocycles. The summed E-state index contributed by atoms with van der Waals surface area (Å²) in [6.07, 6.45) is -3.58. The molecule has 8 nitrogen and oxygen atoms in total. The highest BCUT2D eigenvalue weighted by molar-refractivity contribution is 5.99. The van der Waals surface area contributed by atoms with Gasteiger partial charge in [-0.15, -0.1) is 0 Å². The normalized spacial score (nSPS) is 19.7. The van der Waals surface area contributed by atoms with Gasteiger partial charge in [0.15, 0.2) is 17.5 Å². The number of fused-ring (bicyclic) bond motifs is 1. The highest BCUT2D eigenvalue weighted by atomic mass is 19.4. The van der Waals surface area contributed by atoms with Gasteiger partial charge < -0.3 is 24.6 Å². The smallest absolute Gasteiger partial charge is 0.410 e. The Morgan fingerprint density at radius 2 is 1.70 bits per heavy atom. The number of carbonyl (C=O) groups excluding carboxylic acids is 1. The summed E-state index contributed by atoms with van der Waals surface area (Å²) in [6.45, 7) is 2.18. The van der Waals surface area contributed by atoms with Gasteiger partial charge in [-0.2, -0.15) is 18.3 Å². The molecular weight excluding hydrogens is 487 g/mol. The van der Waals surface area contributed by atoms with E-state index in [4.69, 9.17) is 9.47 Å². The maximum Gasteiger partial charge on any atom is 0.410 e. The van der Waals surface area contributed by atoms with E-state index in [0.29, 0.717) is 43.2 Å². The monoisotopic (exact) mass is 515 g/mol. The Hall–Kier alpha value is -3.89. The zero-order chi connectivity index (χ0) is 26.2. The van der Waals surface area contributed by atoms with Crippen molar-refractivity contribution >= 4 is 17.4 Å². The lowest BCUT2D eigenvalue weighted by molar-refractivity contribution is -0.173. The number of carbonyl (C=O) groups is 1. The third-order valence-corrected chi connectivity index (χ3v) is 6.97. The Labute approximate surface area is 212 Å². The number of piperazine rings is 1. The summed E-state index contributed by atoms with van der Waals surface area (Å²) in [5.74, 6) is 0.626. The van der Waals surface area contributed by atoms with Gasteiger partial charge in [-0.05, 0) is 29.8 Å². The van der Waals surface area contributed by atoms with Crippen LogP contribution in [0, 0.1) is 0 Å². The van der Waals surface area contributed by atoms with Crippen LogP contribution in [0.15, 0.2) is 54.7 Å². The molecule has 2 aliphatic heterocycles. The fourth-order valence-corrected chi connectivity index (χ4v) is 4.98. The van der Waals surface area contributed by atoms with Gasteiger partial charge in [-0.1, -0.05) is 24.3 Å². The van der Waals surface area contributed by atoms with Crippen molar-refractivity contribution in [2.45, 2.75) is 24.7 Å². The quantitative estimate of drug-likeness (QED) is 0.539. The number of methoxy groups -OCH3 is 2. The molecule has 1 N–H and O–H groups in total. The summed E-state index contributed by atoms with van der Waals surface area (Å²) in [5, 5.41) is 7.16. The van der Waals surface area contributed by atoms with Crippen molar-refractivity contribution in [1.29, 1.82) is 0 Å². The second-order valence-electron chi connectivity index (χ2n) is 9.07. The van der Waals surface area contributed by atoms with Gasteiger partial charge in [0.2, 0.25) is 0 Å². The lowest BCUT2D eigenvalue weighted by atomic mass is 9.96. The van der Waals surface area contributed by atoms with Crippen molar-refractivity contribution < 1.29 is 27.4 Å². The second-order valence-corrected chi connectivity index (χ2v) is 9.07. The summed E-state index contributed by atoms with van der Waals surface area (Å²) in [5.41, 5.74) is 1.80. The van der Waals surface area contributed by atoms with Gasteiger partial charge in [0.05, 0.1) is 26.5 Å². The van der Waals surface area contributed by atoms with Gasteiger partial charge >= 0.3 is 6.18 Å². The summed E-state index contributed by atoms with van der Waals surface area (Å²) in [4.78, 5) is 17.3. The van der Waals surface area contributed by atoms with Crippen LogP contribution < -0.4 is 19.7 Å². The minimum Gasteiger partial charge on any atom is -0.493 e. The number of ether oxygens (including phenoxy) is 2. The molecule has 1 amide bonds. The molecule has 11 heteroatoms. The number of benzene rings is 2. The molecule has 0 unspecified atom stereocenters. The minimum absolute atomic E-state index is 0.0730.